The Hall–Kier alpha value is -1.73. The van der Waals surface area contributed by atoms with Crippen molar-refractivity contribution in [3.05, 3.63) is 40.8 Å². The molecule has 3 rings (SSSR count). The van der Waals surface area contributed by atoms with Crippen LogP contribution in [0.3, 0.4) is 0 Å². The molecule has 1 amide bonds. The molecule has 7 heteroatoms. The number of aliphatic hydroxyl groups excluding tert-OH is 1. The molecular weight excluding hydrogens is 295 g/mol. The summed E-state index contributed by atoms with van der Waals surface area (Å²) in [5, 5.41) is 15.3. The van der Waals surface area contributed by atoms with E-state index < -0.39 is 12.1 Å². The first-order valence-electron chi connectivity index (χ1n) is 6.61. The zero-order chi connectivity index (χ0) is 14.8. The van der Waals surface area contributed by atoms with Crippen molar-refractivity contribution in [1.29, 1.82) is 0 Å². The number of halogens is 1. The highest BCUT2D eigenvalue weighted by atomic mass is 32.2. The summed E-state index contributed by atoms with van der Waals surface area (Å²) >= 11 is 1.51. The molecule has 0 saturated carbocycles. The molecule has 5 nitrogen and oxygen atoms in total. The average molecular weight is 310 g/mol. The molecule has 0 bridgehead atoms. The molecule has 0 fully saturated rings. The van der Waals surface area contributed by atoms with Crippen molar-refractivity contribution < 1.29 is 19.0 Å². The first-order chi connectivity index (χ1) is 10.1. The van der Waals surface area contributed by atoms with Gasteiger partial charge in [-0.25, -0.2) is 4.39 Å². The molecule has 0 radical (unpaired) electrons. The maximum atomic E-state index is 13.1. The number of fused-ring (bicyclic) bond motifs is 1. The number of aliphatic hydroxyl groups is 1. The number of ether oxygens (including phenoxy) is 1. The molecule has 0 saturated heterocycles. The number of amides is 1. The molecule has 0 spiro atoms. The smallest absolute Gasteiger partial charge is 0.273 e. The monoisotopic (exact) mass is 310 g/mol. The van der Waals surface area contributed by atoms with Crippen molar-refractivity contribution in [2.75, 3.05) is 12.4 Å². The van der Waals surface area contributed by atoms with Crippen LogP contribution in [-0.4, -0.2) is 29.6 Å². The van der Waals surface area contributed by atoms with Gasteiger partial charge in [-0.15, -0.1) is 11.8 Å². The van der Waals surface area contributed by atoms with E-state index in [0.717, 1.165) is 17.7 Å². The Morgan fingerprint density at radius 1 is 1.48 bits per heavy atom. The van der Waals surface area contributed by atoms with E-state index in [1.165, 1.54) is 23.9 Å². The predicted molar refractivity (Wildman–Crippen MR) is 76.9 cm³/mol. The van der Waals surface area contributed by atoms with Gasteiger partial charge in [-0.2, -0.15) is 0 Å². The number of carbonyl (C=O) groups excluding carboxylic acids is 1. The SMILES string of the molecule is O=C1NC=C(SCC2COc3cc(F)ccc3C2)NC1O. The third-order valence-corrected chi connectivity index (χ3v) is 4.54. The van der Waals surface area contributed by atoms with Crippen LogP contribution in [-0.2, 0) is 11.2 Å². The van der Waals surface area contributed by atoms with Gasteiger partial charge in [0.25, 0.3) is 5.91 Å². The molecule has 112 valence electrons. The van der Waals surface area contributed by atoms with Gasteiger partial charge < -0.3 is 20.5 Å². The van der Waals surface area contributed by atoms with Gasteiger partial charge in [0.1, 0.15) is 11.6 Å². The lowest BCUT2D eigenvalue weighted by atomic mass is 9.98. The van der Waals surface area contributed by atoms with Crippen molar-refractivity contribution in [3.8, 4) is 5.75 Å². The summed E-state index contributed by atoms with van der Waals surface area (Å²) < 4.78 is 18.7. The third-order valence-electron chi connectivity index (χ3n) is 3.36. The Morgan fingerprint density at radius 3 is 3.14 bits per heavy atom. The maximum Gasteiger partial charge on any atom is 0.273 e. The van der Waals surface area contributed by atoms with Gasteiger partial charge in [0.05, 0.1) is 11.6 Å². The van der Waals surface area contributed by atoms with E-state index in [9.17, 15) is 14.3 Å². The standard InChI is InChI=1S/C14H15FN2O3S/c15-10-2-1-9-3-8(6-20-11(9)4-10)7-21-12-5-16-13(18)14(19)17-12/h1-2,4-5,8,14,17,19H,3,6-7H2,(H,16,18). The molecule has 0 aliphatic carbocycles. The summed E-state index contributed by atoms with van der Waals surface area (Å²) in [7, 11) is 0. The fraction of sp³-hybridized carbons (Fsp3) is 0.357. The predicted octanol–water partition coefficient (Wildman–Crippen LogP) is 0.947. The molecule has 21 heavy (non-hydrogen) atoms. The second-order valence-corrected chi connectivity index (χ2v) is 6.07. The van der Waals surface area contributed by atoms with Gasteiger partial charge in [0, 0.05) is 23.9 Å². The molecule has 0 aromatic heterocycles. The Morgan fingerprint density at radius 2 is 2.33 bits per heavy atom. The highest BCUT2D eigenvalue weighted by Crippen LogP contribution is 2.30. The zero-order valence-corrected chi connectivity index (χ0v) is 12.0. The second kappa shape index (κ2) is 5.95. The molecule has 3 N–H and O–H groups in total. The summed E-state index contributed by atoms with van der Waals surface area (Å²) in [6.45, 7) is 0.533. The van der Waals surface area contributed by atoms with Crippen molar-refractivity contribution in [3.63, 3.8) is 0 Å². The second-order valence-electron chi connectivity index (χ2n) is 5.01. The number of hydrogen-bond donors (Lipinski definition) is 3. The van der Waals surface area contributed by atoms with Gasteiger partial charge in [-0.1, -0.05) is 6.07 Å². The van der Waals surface area contributed by atoms with Crippen molar-refractivity contribution >= 4 is 17.7 Å². The Balaban J connectivity index is 1.56. The maximum absolute atomic E-state index is 13.1. The van der Waals surface area contributed by atoms with E-state index in [4.69, 9.17) is 4.74 Å². The molecule has 1 aromatic rings. The van der Waals surface area contributed by atoms with Gasteiger partial charge in [0.2, 0.25) is 6.23 Å². The van der Waals surface area contributed by atoms with Crippen molar-refractivity contribution in [2.24, 2.45) is 5.92 Å². The van der Waals surface area contributed by atoms with Crippen LogP contribution >= 0.6 is 11.8 Å². The fourth-order valence-electron chi connectivity index (χ4n) is 2.26. The number of hydrogen-bond acceptors (Lipinski definition) is 5. The lowest BCUT2D eigenvalue weighted by molar-refractivity contribution is -0.130. The van der Waals surface area contributed by atoms with E-state index in [-0.39, 0.29) is 5.82 Å². The first-order valence-corrected chi connectivity index (χ1v) is 7.59. The van der Waals surface area contributed by atoms with E-state index in [0.29, 0.717) is 23.3 Å². The minimum absolute atomic E-state index is 0.289. The Labute approximate surface area is 125 Å². The van der Waals surface area contributed by atoms with Crippen molar-refractivity contribution in [1.82, 2.24) is 10.6 Å². The normalized spacial score (nSPS) is 24.3. The van der Waals surface area contributed by atoms with Gasteiger partial charge in [-0.3, -0.25) is 4.79 Å². The van der Waals surface area contributed by atoms with Gasteiger partial charge in [0.15, 0.2) is 0 Å². The number of rotatable bonds is 3. The van der Waals surface area contributed by atoms with Crippen LogP contribution < -0.4 is 15.4 Å². The van der Waals surface area contributed by atoms with Gasteiger partial charge in [-0.05, 0) is 18.1 Å². The summed E-state index contributed by atoms with van der Waals surface area (Å²) in [6.07, 6.45) is 1.17. The quantitative estimate of drug-likeness (QED) is 0.775. The summed E-state index contributed by atoms with van der Waals surface area (Å²) in [4.78, 5) is 11.1. The summed E-state index contributed by atoms with van der Waals surface area (Å²) in [6, 6.07) is 4.61. The largest absolute Gasteiger partial charge is 0.493 e. The third kappa shape index (κ3) is 3.30. The first kappa shape index (κ1) is 14.2. The molecule has 1 aromatic carbocycles. The zero-order valence-electron chi connectivity index (χ0n) is 11.1. The fourth-order valence-corrected chi connectivity index (χ4v) is 3.23. The minimum atomic E-state index is -1.20. The van der Waals surface area contributed by atoms with E-state index in [1.807, 2.05) is 0 Å². The number of thioether (sulfide) groups is 1. The van der Waals surface area contributed by atoms with Crippen molar-refractivity contribution in [2.45, 2.75) is 12.6 Å². The number of nitrogens with one attached hydrogen (secondary N) is 2. The Bertz CT molecular complexity index is 594. The van der Waals surface area contributed by atoms with E-state index in [1.54, 1.807) is 12.3 Å². The molecule has 2 unspecified atom stereocenters. The molecule has 2 aliphatic heterocycles. The number of carbonyl (C=O) groups is 1. The van der Waals surface area contributed by atoms with Gasteiger partial charge >= 0.3 is 0 Å². The van der Waals surface area contributed by atoms with E-state index in [2.05, 4.69) is 10.6 Å². The molecule has 2 atom stereocenters. The summed E-state index contributed by atoms with van der Waals surface area (Å²) in [5.41, 5.74) is 1.01. The van der Waals surface area contributed by atoms with Crippen LogP contribution in [0.15, 0.2) is 29.4 Å². The van der Waals surface area contributed by atoms with Crippen LogP contribution in [0, 0.1) is 11.7 Å². The highest BCUT2D eigenvalue weighted by Gasteiger charge is 2.23. The Kier molecular flexibility index (Phi) is 4.03. The minimum Gasteiger partial charge on any atom is -0.493 e. The van der Waals surface area contributed by atoms with E-state index >= 15 is 0 Å². The molecular formula is C14H15FN2O3S. The summed E-state index contributed by atoms with van der Waals surface area (Å²) in [5.74, 6) is 0.941. The molecule has 2 heterocycles. The van der Waals surface area contributed by atoms with Crippen LogP contribution in [0.2, 0.25) is 0 Å². The molecule has 2 aliphatic rings. The van der Waals surface area contributed by atoms with Crippen LogP contribution in [0.4, 0.5) is 4.39 Å². The topological polar surface area (TPSA) is 70.6 Å². The number of benzene rings is 1. The van der Waals surface area contributed by atoms with Crippen LogP contribution in [0.1, 0.15) is 5.56 Å². The lowest BCUT2D eigenvalue weighted by Gasteiger charge is -2.26. The lowest BCUT2D eigenvalue weighted by Crippen LogP contribution is -2.45. The average Bonchev–Trinajstić information content (AvgIpc) is 2.48. The van der Waals surface area contributed by atoms with Crippen LogP contribution in [0.5, 0.6) is 5.75 Å². The van der Waals surface area contributed by atoms with Crippen LogP contribution in [0.25, 0.3) is 0 Å². The highest BCUT2D eigenvalue weighted by molar-refractivity contribution is 8.03.